The highest BCUT2D eigenvalue weighted by Crippen LogP contribution is 2.23. The van der Waals surface area contributed by atoms with Gasteiger partial charge in [-0.05, 0) is 25.8 Å². The van der Waals surface area contributed by atoms with E-state index < -0.39 is 15.9 Å². The van der Waals surface area contributed by atoms with Crippen molar-refractivity contribution in [2.24, 2.45) is 7.05 Å². The Bertz CT molecular complexity index is 850. The number of aryl methyl sites for hydroxylation is 2. The van der Waals surface area contributed by atoms with Crippen molar-refractivity contribution in [2.45, 2.75) is 31.1 Å². The molecule has 1 N–H and O–H groups in total. The summed E-state index contributed by atoms with van der Waals surface area (Å²) in [7, 11) is -1.91. The first kappa shape index (κ1) is 17.1. The number of nitrogens with zero attached hydrogens (tertiary/aromatic N) is 4. The summed E-state index contributed by atoms with van der Waals surface area (Å²) in [5.41, 5.74) is 0.262. The fourth-order valence-corrected chi connectivity index (χ4v) is 4.82. The molecule has 1 amide bonds. The van der Waals surface area contributed by atoms with Crippen LogP contribution < -0.4 is 5.32 Å². The van der Waals surface area contributed by atoms with Gasteiger partial charge >= 0.3 is 0 Å². The lowest BCUT2D eigenvalue weighted by Crippen LogP contribution is -2.35. The van der Waals surface area contributed by atoms with Crippen LogP contribution in [0.1, 0.15) is 35.6 Å². The van der Waals surface area contributed by atoms with Crippen LogP contribution in [0.2, 0.25) is 0 Å². The van der Waals surface area contributed by atoms with Gasteiger partial charge in [-0.15, -0.1) is 0 Å². The summed E-state index contributed by atoms with van der Waals surface area (Å²) in [6.07, 6.45) is 4.27. The fourth-order valence-electron chi connectivity index (χ4n) is 2.66. The molecule has 1 saturated heterocycles. The molecule has 0 unspecified atom stereocenters. The molecule has 0 aromatic carbocycles. The van der Waals surface area contributed by atoms with Crippen molar-refractivity contribution in [3.63, 3.8) is 0 Å². The van der Waals surface area contributed by atoms with Crippen LogP contribution in [-0.4, -0.2) is 45.6 Å². The lowest BCUT2D eigenvalue weighted by atomic mass is 10.2. The summed E-state index contributed by atoms with van der Waals surface area (Å²) in [6, 6.07) is 1.41. The topological polar surface area (TPSA) is 97.2 Å². The maximum absolute atomic E-state index is 12.7. The molecule has 10 heteroatoms. The summed E-state index contributed by atoms with van der Waals surface area (Å²) < 4.78 is 32.4. The molecule has 3 heterocycles. The number of rotatable bonds is 4. The highest BCUT2D eigenvalue weighted by molar-refractivity contribution is 7.89. The number of amides is 1. The predicted octanol–water partition coefficient (Wildman–Crippen LogP) is 1.61. The van der Waals surface area contributed by atoms with Crippen molar-refractivity contribution >= 4 is 32.6 Å². The lowest BCUT2D eigenvalue weighted by molar-refractivity contribution is 0.101. The van der Waals surface area contributed by atoms with Crippen LogP contribution in [0.25, 0.3) is 0 Å². The quantitative estimate of drug-likeness (QED) is 0.883. The largest absolute Gasteiger partial charge is 0.345 e. The van der Waals surface area contributed by atoms with E-state index in [-0.39, 0.29) is 10.6 Å². The Morgan fingerprint density at radius 2 is 2.00 bits per heavy atom. The minimum atomic E-state index is -3.56. The molecule has 1 fully saturated rings. The number of anilines is 1. The van der Waals surface area contributed by atoms with Crippen LogP contribution in [-0.2, 0) is 17.1 Å². The van der Waals surface area contributed by atoms with Gasteiger partial charge in [-0.1, -0.05) is 6.42 Å². The van der Waals surface area contributed by atoms with Gasteiger partial charge in [-0.3, -0.25) is 10.1 Å². The molecule has 2 aromatic rings. The molecule has 1 aliphatic rings. The molecule has 0 spiro atoms. The second-order valence-electron chi connectivity index (χ2n) is 5.74. The van der Waals surface area contributed by atoms with Crippen molar-refractivity contribution < 1.29 is 13.2 Å². The van der Waals surface area contributed by atoms with Gasteiger partial charge < -0.3 is 4.57 Å². The summed E-state index contributed by atoms with van der Waals surface area (Å²) in [4.78, 5) is 16.6. The van der Waals surface area contributed by atoms with E-state index in [1.54, 1.807) is 14.0 Å². The summed E-state index contributed by atoms with van der Waals surface area (Å²) >= 11 is 1.08. The predicted molar refractivity (Wildman–Crippen MR) is 90.6 cm³/mol. The van der Waals surface area contributed by atoms with Gasteiger partial charge in [0.2, 0.25) is 15.2 Å². The van der Waals surface area contributed by atoms with Gasteiger partial charge in [0.05, 0.1) is 0 Å². The first-order chi connectivity index (χ1) is 11.4. The van der Waals surface area contributed by atoms with Crippen LogP contribution >= 0.6 is 11.5 Å². The van der Waals surface area contributed by atoms with E-state index in [0.29, 0.717) is 24.0 Å². The Morgan fingerprint density at radius 3 is 2.62 bits per heavy atom. The van der Waals surface area contributed by atoms with Crippen molar-refractivity contribution in [1.82, 2.24) is 18.2 Å². The molecule has 1 aliphatic heterocycles. The maximum Gasteiger partial charge on any atom is 0.274 e. The third kappa shape index (κ3) is 3.35. The van der Waals surface area contributed by atoms with E-state index in [1.807, 2.05) is 0 Å². The highest BCUT2D eigenvalue weighted by Gasteiger charge is 2.28. The zero-order valence-corrected chi connectivity index (χ0v) is 15.2. The van der Waals surface area contributed by atoms with E-state index in [9.17, 15) is 13.2 Å². The van der Waals surface area contributed by atoms with Crippen LogP contribution in [0.15, 0.2) is 17.2 Å². The molecule has 130 valence electrons. The van der Waals surface area contributed by atoms with E-state index in [2.05, 4.69) is 14.7 Å². The molecule has 0 saturated carbocycles. The number of nitrogens with one attached hydrogen (secondary N) is 1. The van der Waals surface area contributed by atoms with Gasteiger partial charge in [-0.2, -0.15) is 8.68 Å². The van der Waals surface area contributed by atoms with E-state index in [4.69, 9.17) is 0 Å². The van der Waals surface area contributed by atoms with Gasteiger partial charge in [0.15, 0.2) is 0 Å². The number of sulfonamides is 1. The monoisotopic (exact) mass is 369 g/mol. The van der Waals surface area contributed by atoms with Gasteiger partial charge in [0.25, 0.3) is 5.91 Å². The normalized spacial score (nSPS) is 16.2. The second kappa shape index (κ2) is 6.61. The molecule has 0 aliphatic carbocycles. The zero-order chi connectivity index (χ0) is 17.3. The van der Waals surface area contributed by atoms with Crippen molar-refractivity contribution in [3.05, 3.63) is 23.8 Å². The number of carbonyl (C=O) groups excluding carboxylic acids is 1. The standard InChI is InChI=1S/C14H19N5O3S2/c1-10-15-14(23-17-10)16-13(20)12-8-11(9-18(12)2)24(21,22)19-6-4-3-5-7-19/h8-9H,3-7H2,1-2H3,(H,15,16,17,20). The Hall–Kier alpha value is -1.78. The summed E-state index contributed by atoms with van der Waals surface area (Å²) in [5, 5.41) is 3.03. The molecule has 3 rings (SSSR count). The molecule has 2 aromatic heterocycles. The average molecular weight is 369 g/mol. The van der Waals surface area contributed by atoms with Crippen molar-refractivity contribution in [2.75, 3.05) is 18.4 Å². The number of aromatic nitrogens is 3. The molecule has 0 radical (unpaired) electrons. The minimum Gasteiger partial charge on any atom is -0.345 e. The molecule has 8 nitrogen and oxygen atoms in total. The number of hydrogen-bond donors (Lipinski definition) is 1. The Balaban J connectivity index is 1.82. The van der Waals surface area contributed by atoms with Crippen LogP contribution in [0, 0.1) is 6.92 Å². The molecular formula is C14H19N5O3S2. The van der Waals surface area contributed by atoms with E-state index in [0.717, 1.165) is 30.8 Å². The Kier molecular flexibility index (Phi) is 4.70. The highest BCUT2D eigenvalue weighted by atomic mass is 32.2. The first-order valence-corrected chi connectivity index (χ1v) is 9.87. The van der Waals surface area contributed by atoms with Gasteiger partial charge in [0, 0.05) is 37.9 Å². The fraction of sp³-hybridized carbons (Fsp3) is 0.500. The Morgan fingerprint density at radius 1 is 1.29 bits per heavy atom. The SMILES string of the molecule is Cc1nsc(NC(=O)c2cc(S(=O)(=O)N3CCCCC3)cn2C)n1. The smallest absolute Gasteiger partial charge is 0.274 e. The zero-order valence-electron chi connectivity index (χ0n) is 13.5. The third-order valence-electron chi connectivity index (χ3n) is 3.91. The molecule has 0 bridgehead atoms. The van der Waals surface area contributed by atoms with Crippen LogP contribution in [0.5, 0.6) is 0 Å². The minimum absolute atomic E-state index is 0.144. The van der Waals surface area contributed by atoms with Crippen molar-refractivity contribution in [1.29, 1.82) is 0 Å². The number of piperidine rings is 1. The molecule has 0 atom stereocenters. The van der Waals surface area contributed by atoms with Crippen LogP contribution in [0.3, 0.4) is 0 Å². The summed E-state index contributed by atoms with van der Waals surface area (Å²) in [6.45, 7) is 2.80. The molecule has 24 heavy (non-hydrogen) atoms. The van der Waals surface area contributed by atoms with Crippen LogP contribution in [0.4, 0.5) is 5.13 Å². The number of carbonyl (C=O) groups is 1. The number of hydrogen-bond acceptors (Lipinski definition) is 6. The first-order valence-electron chi connectivity index (χ1n) is 7.66. The maximum atomic E-state index is 12.7. The second-order valence-corrected chi connectivity index (χ2v) is 8.43. The lowest BCUT2D eigenvalue weighted by Gasteiger charge is -2.25. The summed E-state index contributed by atoms with van der Waals surface area (Å²) in [5.74, 6) is 0.171. The van der Waals surface area contributed by atoms with Crippen molar-refractivity contribution in [3.8, 4) is 0 Å². The average Bonchev–Trinajstić information content (AvgIpc) is 3.14. The Labute approximate surface area is 144 Å². The van der Waals surface area contributed by atoms with E-state index in [1.165, 1.54) is 21.1 Å². The third-order valence-corrected chi connectivity index (χ3v) is 6.50. The van der Waals surface area contributed by atoms with E-state index >= 15 is 0 Å². The van der Waals surface area contributed by atoms with Gasteiger partial charge in [-0.25, -0.2) is 13.4 Å². The van der Waals surface area contributed by atoms with Gasteiger partial charge in [0.1, 0.15) is 16.4 Å². The molecular weight excluding hydrogens is 350 g/mol.